The van der Waals surface area contributed by atoms with E-state index >= 15 is 0 Å². The van der Waals surface area contributed by atoms with E-state index in [0.717, 1.165) is 11.2 Å². The van der Waals surface area contributed by atoms with Gasteiger partial charge in [0.05, 0.1) is 24.2 Å². The molecule has 0 N–H and O–H groups in total. The molecule has 0 atom stereocenters. The minimum Gasteiger partial charge on any atom is -0.497 e. The van der Waals surface area contributed by atoms with Crippen molar-refractivity contribution in [1.82, 2.24) is 13.7 Å². The summed E-state index contributed by atoms with van der Waals surface area (Å²) in [6.45, 7) is 6.04. The molecule has 0 bridgehead atoms. The summed E-state index contributed by atoms with van der Waals surface area (Å²) < 4.78 is 34.3. The van der Waals surface area contributed by atoms with Crippen LogP contribution in [0.3, 0.4) is 0 Å². The van der Waals surface area contributed by atoms with Crippen molar-refractivity contribution >= 4 is 15.7 Å². The molecule has 0 radical (unpaired) electrons. The fourth-order valence-electron chi connectivity index (χ4n) is 2.70. The summed E-state index contributed by atoms with van der Waals surface area (Å²) >= 11 is 0. The van der Waals surface area contributed by atoms with Gasteiger partial charge in [-0.05, 0) is 42.8 Å². The van der Waals surface area contributed by atoms with Crippen molar-refractivity contribution in [2.24, 2.45) is 0 Å². The van der Waals surface area contributed by atoms with Crippen molar-refractivity contribution < 1.29 is 13.2 Å². The number of nitrogens with zero attached hydrogens (tertiary/aromatic N) is 3. The number of aromatic nitrogens is 2. The molecule has 0 aliphatic carbocycles. The zero-order valence-electron chi connectivity index (χ0n) is 14.8. The van der Waals surface area contributed by atoms with Gasteiger partial charge in [-0.2, -0.15) is 4.31 Å². The third-order valence-corrected chi connectivity index (χ3v) is 5.84. The van der Waals surface area contributed by atoms with Crippen LogP contribution >= 0.6 is 0 Å². The fraction of sp³-hybridized carbons (Fsp3) is 0.211. The maximum absolute atomic E-state index is 13.0. The number of methoxy groups -OCH3 is 1. The maximum Gasteiger partial charge on any atom is 0.243 e. The second-order valence-corrected chi connectivity index (χ2v) is 7.90. The van der Waals surface area contributed by atoms with Gasteiger partial charge in [0.2, 0.25) is 10.0 Å². The van der Waals surface area contributed by atoms with Gasteiger partial charge in [-0.25, -0.2) is 13.4 Å². The largest absolute Gasteiger partial charge is 0.497 e. The van der Waals surface area contributed by atoms with Crippen LogP contribution in [0.15, 0.2) is 66.3 Å². The molecule has 0 unspecified atom stereocenters. The molecule has 3 aromatic rings. The minimum absolute atomic E-state index is 0.168. The van der Waals surface area contributed by atoms with Crippen LogP contribution in [0, 0.1) is 6.92 Å². The number of pyridine rings is 1. The van der Waals surface area contributed by atoms with E-state index in [1.54, 1.807) is 25.3 Å². The van der Waals surface area contributed by atoms with Crippen molar-refractivity contribution in [3.63, 3.8) is 0 Å². The van der Waals surface area contributed by atoms with E-state index in [0.29, 0.717) is 11.4 Å². The van der Waals surface area contributed by atoms with Gasteiger partial charge in [0.15, 0.2) is 0 Å². The van der Waals surface area contributed by atoms with Crippen molar-refractivity contribution in [3.8, 4) is 5.75 Å². The van der Waals surface area contributed by atoms with Crippen LogP contribution in [-0.2, 0) is 16.6 Å². The summed E-state index contributed by atoms with van der Waals surface area (Å²) in [5.41, 5.74) is 2.57. The Bertz CT molecular complexity index is 1020. The molecule has 0 saturated carbocycles. The number of aryl methyl sites for hydroxylation is 1. The van der Waals surface area contributed by atoms with Crippen LogP contribution in [-0.4, -0.2) is 35.8 Å². The van der Waals surface area contributed by atoms with Gasteiger partial charge < -0.3 is 9.14 Å². The molecule has 26 heavy (non-hydrogen) atoms. The monoisotopic (exact) mass is 371 g/mol. The van der Waals surface area contributed by atoms with Crippen molar-refractivity contribution in [2.45, 2.75) is 18.4 Å². The molecular weight excluding hydrogens is 350 g/mol. The minimum atomic E-state index is -3.67. The summed E-state index contributed by atoms with van der Waals surface area (Å²) in [6, 6.07) is 10.2. The molecule has 1 aromatic carbocycles. The number of hydrogen-bond donors (Lipinski definition) is 0. The Morgan fingerprint density at radius 1 is 1.19 bits per heavy atom. The van der Waals surface area contributed by atoms with E-state index < -0.39 is 10.0 Å². The first-order chi connectivity index (χ1) is 12.4. The number of sulfonamides is 1. The molecule has 0 fully saturated rings. The standard InChI is InChI=1S/C19H21N3O3S/c1-4-11-22(26(23,24)18-8-6-17(25-3)7-9-18)14-16-13-21-12-15(2)5-10-19(21)20-16/h4-10,12-13H,1,11,14H2,2-3H3. The smallest absolute Gasteiger partial charge is 0.243 e. The normalized spacial score (nSPS) is 11.8. The molecular formula is C19H21N3O3S. The lowest BCUT2D eigenvalue weighted by atomic mass is 10.3. The Kier molecular flexibility index (Phi) is 5.11. The Hall–Kier alpha value is -2.64. The van der Waals surface area contributed by atoms with Gasteiger partial charge in [-0.15, -0.1) is 6.58 Å². The number of benzene rings is 1. The summed E-state index contributed by atoms with van der Waals surface area (Å²) in [5.74, 6) is 0.606. The van der Waals surface area contributed by atoms with Gasteiger partial charge in [0, 0.05) is 18.9 Å². The highest BCUT2D eigenvalue weighted by atomic mass is 32.2. The predicted molar refractivity (Wildman–Crippen MR) is 101 cm³/mol. The number of imidazole rings is 1. The first kappa shape index (κ1) is 18.2. The van der Waals surface area contributed by atoms with Crippen LogP contribution < -0.4 is 4.74 Å². The molecule has 0 amide bonds. The average molecular weight is 371 g/mol. The Balaban J connectivity index is 1.92. The zero-order valence-corrected chi connectivity index (χ0v) is 15.6. The molecule has 0 aliphatic rings. The summed E-state index contributed by atoms with van der Waals surface area (Å²) in [5, 5.41) is 0. The number of ether oxygens (including phenoxy) is 1. The molecule has 2 heterocycles. The topological polar surface area (TPSA) is 63.9 Å². The first-order valence-corrected chi connectivity index (χ1v) is 9.57. The Labute approximate surface area is 153 Å². The maximum atomic E-state index is 13.0. The van der Waals surface area contributed by atoms with E-state index in [1.165, 1.54) is 16.4 Å². The summed E-state index contributed by atoms with van der Waals surface area (Å²) in [7, 11) is -2.13. The van der Waals surface area contributed by atoms with E-state index in [4.69, 9.17) is 4.74 Å². The number of hydrogen-bond acceptors (Lipinski definition) is 4. The molecule has 2 aromatic heterocycles. The SMILES string of the molecule is C=CCN(Cc1cn2cc(C)ccc2n1)S(=O)(=O)c1ccc(OC)cc1. The zero-order chi connectivity index (χ0) is 18.7. The molecule has 7 heteroatoms. The van der Waals surface area contributed by atoms with Gasteiger partial charge in [-0.1, -0.05) is 12.1 Å². The first-order valence-electron chi connectivity index (χ1n) is 8.13. The fourth-order valence-corrected chi connectivity index (χ4v) is 4.08. The van der Waals surface area contributed by atoms with E-state index in [1.807, 2.05) is 35.9 Å². The second kappa shape index (κ2) is 7.31. The molecule has 0 spiro atoms. The van der Waals surface area contributed by atoms with Gasteiger partial charge >= 0.3 is 0 Å². The molecule has 0 saturated heterocycles. The molecule has 136 valence electrons. The van der Waals surface area contributed by atoms with E-state index in [2.05, 4.69) is 11.6 Å². The molecule has 6 nitrogen and oxygen atoms in total. The Morgan fingerprint density at radius 2 is 1.92 bits per heavy atom. The summed E-state index contributed by atoms with van der Waals surface area (Å²) in [4.78, 5) is 4.72. The van der Waals surface area contributed by atoms with E-state index in [-0.39, 0.29) is 18.0 Å². The highest BCUT2D eigenvalue weighted by molar-refractivity contribution is 7.89. The van der Waals surface area contributed by atoms with Crippen molar-refractivity contribution in [3.05, 3.63) is 72.7 Å². The van der Waals surface area contributed by atoms with Crippen LogP contribution in [0.5, 0.6) is 5.75 Å². The van der Waals surface area contributed by atoms with Gasteiger partial charge in [0.1, 0.15) is 11.4 Å². The highest BCUT2D eigenvalue weighted by Gasteiger charge is 2.24. The lowest BCUT2D eigenvalue weighted by Crippen LogP contribution is -2.31. The van der Waals surface area contributed by atoms with Crippen LogP contribution in [0.1, 0.15) is 11.3 Å². The third kappa shape index (κ3) is 3.63. The summed E-state index contributed by atoms with van der Waals surface area (Å²) in [6.07, 6.45) is 5.38. The molecule has 0 aliphatic heterocycles. The third-order valence-electron chi connectivity index (χ3n) is 4.02. The van der Waals surface area contributed by atoms with Crippen molar-refractivity contribution in [2.75, 3.05) is 13.7 Å². The van der Waals surface area contributed by atoms with Crippen LogP contribution in [0.2, 0.25) is 0 Å². The van der Waals surface area contributed by atoms with Crippen LogP contribution in [0.4, 0.5) is 0 Å². The lowest BCUT2D eigenvalue weighted by molar-refractivity contribution is 0.414. The lowest BCUT2D eigenvalue weighted by Gasteiger charge is -2.19. The number of fused-ring (bicyclic) bond motifs is 1. The van der Waals surface area contributed by atoms with E-state index in [9.17, 15) is 8.42 Å². The highest BCUT2D eigenvalue weighted by Crippen LogP contribution is 2.21. The van der Waals surface area contributed by atoms with Gasteiger partial charge in [0.25, 0.3) is 0 Å². The molecule has 3 rings (SSSR count). The second-order valence-electron chi connectivity index (χ2n) is 5.97. The van der Waals surface area contributed by atoms with Gasteiger partial charge in [-0.3, -0.25) is 0 Å². The predicted octanol–water partition coefficient (Wildman–Crippen LogP) is 3.03. The number of rotatable bonds is 7. The quantitative estimate of drug-likeness (QED) is 0.599. The average Bonchev–Trinajstić information content (AvgIpc) is 3.03. The Morgan fingerprint density at radius 3 is 2.58 bits per heavy atom. The van der Waals surface area contributed by atoms with Crippen molar-refractivity contribution in [1.29, 1.82) is 0 Å². The van der Waals surface area contributed by atoms with Crippen LogP contribution in [0.25, 0.3) is 5.65 Å².